The quantitative estimate of drug-likeness (QED) is 0.581. The van der Waals surface area contributed by atoms with Crippen molar-refractivity contribution in [3.63, 3.8) is 0 Å². The van der Waals surface area contributed by atoms with Crippen molar-refractivity contribution in [1.82, 2.24) is 4.90 Å². The molecular weight excluding hydrogens is 274 g/mol. The van der Waals surface area contributed by atoms with E-state index in [0.29, 0.717) is 17.9 Å². The fourth-order valence-electron chi connectivity index (χ4n) is 2.24. The third-order valence-electron chi connectivity index (χ3n) is 3.21. The fourth-order valence-corrected chi connectivity index (χ4v) is 2.24. The number of rotatable bonds is 6. The van der Waals surface area contributed by atoms with E-state index in [4.69, 9.17) is 9.47 Å². The Labute approximate surface area is 122 Å². The highest BCUT2D eigenvalue weighted by Crippen LogP contribution is 2.26. The summed E-state index contributed by atoms with van der Waals surface area (Å²) in [6.07, 6.45) is -0.308. The number of hydrogen-bond acceptors (Lipinski definition) is 5. The second kappa shape index (κ2) is 6.39. The molecule has 6 heteroatoms. The molecule has 0 N–H and O–H groups in total. The highest BCUT2D eigenvalue weighted by Gasteiger charge is 2.29. The summed E-state index contributed by atoms with van der Waals surface area (Å²) in [5, 5.41) is 0. The molecule has 0 fully saturated rings. The molecule has 1 aromatic carbocycles. The summed E-state index contributed by atoms with van der Waals surface area (Å²) in [6.45, 7) is 2.19. The van der Waals surface area contributed by atoms with Gasteiger partial charge in [-0.1, -0.05) is 6.07 Å². The lowest BCUT2D eigenvalue weighted by Crippen LogP contribution is -2.31. The number of carbonyl (C=O) groups excluding carboxylic acids is 3. The van der Waals surface area contributed by atoms with Crippen molar-refractivity contribution in [2.24, 2.45) is 0 Å². The minimum Gasteiger partial charge on any atom is -0.497 e. The van der Waals surface area contributed by atoms with Crippen molar-refractivity contribution in [1.29, 1.82) is 0 Å². The van der Waals surface area contributed by atoms with Gasteiger partial charge in [-0.3, -0.25) is 14.4 Å². The van der Waals surface area contributed by atoms with Gasteiger partial charge in [0.15, 0.2) is 5.78 Å². The van der Waals surface area contributed by atoms with Gasteiger partial charge in [0.25, 0.3) is 5.91 Å². The van der Waals surface area contributed by atoms with Gasteiger partial charge in [0.1, 0.15) is 12.2 Å². The summed E-state index contributed by atoms with van der Waals surface area (Å²) in [4.78, 5) is 36.7. The SMILES string of the molecule is CCOC(=O)CC(=O)CN1Cc2ccc(OC)cc2C1=O. The number of fused-ring (bicyclic) bond motifs is 1. The smallest absolute Gasteiger partial charge is 0.313 e. The Kier molecular flexibility index (Phi) is 4.57. The van der Waals surface area contributed by atoms with Gasteiger partial charge in [0.05, 0.1) is 20.3 Å². The predicted octanol–water partition coefficient (Wildman–Crippen LogP) is 1.17. The van der Waals surface area contributed by atoms with Crippen LogP contribution in [0.5, 0.6) is 5.75 Å². The Morgan fingerprint density at radius 2 is 2.10 bits per heavy atom. The largest absolute Gasteiger partial charge is 0.497 e. The minimum absolute atomic E-state index is 0.0886. The van der Waals surface area contributed by atoms with Gasteiger partial charge in [-0.15, -0.1) is 0 Å². The van der Waals surface area contributed by atoms with Gasteiger partial charge in [0, 0.05) is 12.1 Å². The van der Waals surface area contributed by atoms with Gasteiger partial charge in [-0.2, -0.15) is 0 Å². The van der Waals surface area contributed by atoms with Crippen molar-refractivity contribution < 1.29 is 23.9 Å². The Morgan fingerprint density at radius 3 is 2.76 bits per heavy atom. The molecule has 0 atom stereocenters. The number of benzene rings is 1. The highest BCUT2D eigenvalue weighted by atomic mass is 16.5. The number of nitrogens with zero attached hydrogens (tertiary/aromatic N) is 1. The number of esters is 1. The van der Waals surface area contributed by atoms with Gasteiger partial charge in [0.2, 0.25) is 0 Å². The molecule has 0 unspecified atom stereocenters. The summed E-state index contributed by atoms with van der Waals surface area (Å²) in [6, 6.07) is 5.24. The second-order valence-electron chi connectivity index (χ2n) is 4.70. The molecule has 0 saturated heterocycles. The molecule has 0 radical (unpaired) electrons. The van der Waals surface area contributed by atoms with Crippen LogP contribution in [0.4, 0.5) is 0 Å². The van der Waals surface area contributed by atoms with Crippen LogP contribution in [0.3, 0.4) is 0 Å². The van der Waals surface area contributed by atoms with E-state index in [1.165, 1.54) is 12.0 Å². The van der Waals surface area contributed by atoms with E-state index in [-0.39, 0.29) is 31.3 Å². The molecule has 0 aliphatic carbocycles. The third-order valence-corrected chi connectivity index (χ3v) is 3.21. The average Bonchev–Trinajstić information content (AvgIpc) is 2.75. The summed E-state index contributed by atoms with van der Waals surface area (Å²) in [7, 11) is 1.53. The Hall–Kier alpha value is -2.37. The lowest BCUT2D eigenvalue weighted by molar-refractivity contribution is -0.145. The zero-order valence-electron chi connectivity index (χ0n) is 12.0. The molecule has 1 aliphatic rings. The Balaban J connectivity index is 2.00. The lowest BCUT2D eigenvalue weighted by atomic mass is 10.1. The van der Waals surface area contributed by atoms with E-state index in [1.54, 1.807) is 19.1 Å². The first-order valence-corrected chi connectivity index (χ1v) is 6.68. The molecule has 1 aliphatic heterocycles. The van der Waals surface area contributed by atoms with Crippen LogP contribution < -0.4 is 4.74 Å². The molecule has 112 valence electrons. The van der Waals surface area contributed by atoms with Crippen LogP contribution in [0.2, 0.25) is 0 Å². The topological polar surface area (TPSA) is 72.9 Å². The van der Waals surface area contributed by atoms with E-state index in [1.807, 2.05) is 6.07 Å². The van der Waals surface area contributed by atoms with Gasteiger partial charge < -0.3 is 14.4 Å². The third kappa shape index (κ3) is 3.39. The molecule has 2 rings (SSSR count). The number of hydrogen-bond donors (Lipinski definition) is 0. The number of Topliss-reactive ketones (excluding diaryl/α,β-unsaturated/α-hetero) is 1. The Bertz CT molecular complexity index is 581. The van der Waals surface area contributed by atoms with Crippen LogP contribution in [0, 0.1) is 0 Å². The molecule has 0 aromatic heterocycles. The molecule has 1 amide bonds. The van der Waals surface area contributed by atoms with Crippen molar-refractivity contribution in [2.45, 2.75) is 19.9 Å². The molecule has 0 spiro atoms. The first kappa shape index (κ1) is 15.0. The maximum atomic E-state index is 12.2. The summed E-state index contributed by atoms with van der Waals surface area (Å²) >= 11 is 0. The first-order chi connectivity index (χ1) is 10.0. The van der Waals surface area contributed by atoms with Crippen molar-refractivity contribution >= 4 is 17.7 Å². The van der Waals surface area contributed by atoms with E-state index in [0.717, 1.165) is 5.56 Å². The fraction of sp³-hybridized carbons (Fsp3) is 0.400. The van der Waals surface area contributed by atoms with Crippen molar-refractivity contribution in [3.8, 4) is 5.75 Å². The van der Waals surface area contributed by atoms with E-state index >= 15 is 0 Å². The first-order valence-electron chi connectivity index (χ1n) is 6.68. The van der Waals surface area contributed by atoms with E-state index in [2.05, 4.69) is 0 Å². The number of carbonyl (C=O) groups is 3. The van der Waals surface area contributed by atoms with E-state index in [9.17, 15) is 14.4 Å². The van der Waals surface area contributed by atoms with E-state index < -0.39 is 5.97 Å². The Morgan fingerprint density at radius 1 is 1.33 bits per heavy atom. The number of ketones is 1. The lowest BCUT2D eigenvalue weighted by Gasteiger charge is -2.14. The molecular formula is C15H17NO5. The zero-order chi connectivity index (χ0) is 15.4. The summed E-state index contributed by atoms with van der Waals surface area (Å²) < 4.78 is 9.80. The van der Waals surface area contributed by atoms with Gasteiger partial charge in [-0.25, -0.2) is 0 Å². The molecule has 1 aromatic rings. The molecule has 21 heavy (non-hydrogen) atoms. The average molecular weight is 291 g/mol. The number of ether oxygens (including phenoxy) is 2. The normalized spacial score (nSPS) is 13.0. The molecule has 6 nitrogen and oxygen atoms in total. The predicted molar refractivity (Wildman–Crippen MR) is 74.0 cm³/mol. The molecule has 1 heterocycles. The van der Waals surface area contributed by atoms with Crippen LogP contribution in [0.15, 0.2) is 18.2 Å². The van der Waals surface area contributed by atoms with Gasteiger partial charge in [-0.05, 0) is 24.6 Å². The number of amides is 1. The van der Waals surface area contributed by atoms with Crippen LogP contribution >= 0.6 is 0 Å². The minimum atomic E-state index is -0.562. The maximum Gasteiger partial charge on any atom is 0.313 e. The van der Waals surface area contributed by atoms with Crippen LogP contribution in [0.25, 0.3) is 0 Å². The molecule has 0 saturated carbocycles. The maximum absolute atomic E-state index is 12.2. The van der Waals surface area contributed by atoms with Crippen LogP contribution in [-0.4, -0.2) is 42.8 Å². The summed E-state index contributed by atoms with van der Waals surface area (Å²) in [5.41, 5.74) is 1.39. The highest BCUT2D eigenvalue weighted by molar-refractivity contribution is 6.03. The summed E-state index contributed by atoms with van der Waals surface area (Å²) in [5.74, 6) is -0.516. The number of methoxy groups -OCH3 is 1. The van der Waals surface area contributed by atoms with Crippen molar-refractivity contribution in [2.75, 3.05) is 20.3 Å². The second-order valence-corrected chi connectivity index (χ2v) is 4.70. The standard InChI is InChI=1S/C15H17NO5/c1-3-21-14(18)6-11(17)9-16-8-10-4-5-12(20-2)7-13(10)15(16)19/h4-5,7H,3,6,8-9H2,1-2H3. The van der Waals surface area contributed by atoms with Gasteiger partial charge >= 0.3 is 5.97 Å². The monoisotopic (exact) mass is 291 g/mol. The van der Waals surface area contributed by atoms with Crippen LogP contribution in [0.1, 0.15) is 29.3 Å². The molecule has 0 bridgehead atoms. The van der Waals surface area contributed by atoms with Crippen molar-refractivity contribution in [3.05, 3.63) is 29.3 Å². The zero-order valence-corrected chi connectivity index (χ0v) is 12.0. The van der Waals surface area contributed by atoms with Crippen LogP contribution in [-0.2, 0) is 20.9 Å².